The van der Waals surface area contributed by atoms with Crippen molar-refractivity contribution in [3.05, 3.63) is 41.4 Å². The van der Waals surface area contributed by atoms with E-state index in [4.69, 9.17) is 4.74 Å². The summed E-state index contributed by atoms with van der Waals surface area (Å²) in [5, 5.41) is 3.04. The summed E-state index contributed by atoms with van der Waals surface area (Å²) >= 11 is 1.65. The van der Waals surface area contributed by atoms with E-state index in [2.05, 4.69) is 17.1 Å². The smallest absolute Gasteiger partial charge is 0.123 e. The molecular formula is C11H11NOS. The number of hydrogen-bond acceptors (Lipinski definition) is 3. The highest BCUT2D eigenvalue weighted by Crippen LogP contribution is 2.25. The normalized spacial score (nSPS) is 10.4. The zero-order valence-electron chi connectivity index (χ0n) is 7.93. The largest absolute Gasteiger partial charge is 0.380 e. The van der Waals surface area contributed by atoms with Crippen LogP contribution in [0.25, 0.3) is 10.6 Å². The Balaban J connectivity index is 2.42. The van der Waals surface area contributed by atoms with Gasteiger partial charge in [-0.2, -0.15) is 0 Å². The average Bonchev–Trinajstić information content (AvgIpc) is 2.72. The molecule has 2 rings (SSSR count). The van der Waals surface area contributed by atoms with Crippen molar-refractivity contribution in [2.75, 3.05) is 7.11 Å². The molecule has 0 aliphatic carbocycles. The number of rotatable bonds is 3. The third-order valence-corrected chi connectivity index (χ3v) is 2.79. The second kappa shape index (κ2) is 4.35. The molecule has 0 amide bonds. The van der Waals surface area contributed by atoms with E-state index in [1.54, 1.807) is 18.4 Å². The summed E-state index contributed by atoms with van der Waals surface area (Å²) in [7, 11) is 1.71. The molecule has 0 aliphatic rings. The minimum atomic E-state index is 0.635. The molecule has 2 aromatic rings. The molecule has 72 valence electrons. The Bertz CT molecular complexity index is 397. The van der Waals surface area contributed by atoms with Gasteiger partial charge < -0.3 is 4.74 Å². The maximum Gasteiger partial charge on any atom is 0.123 e. The number of benzene rings is 1. The van der Waals surface area contributed by atoms with Crippen LogP contribution in [0, 0.1) is 0 Å². The van der Waals surface area contributed by atoms with Crippen molar-refractivity contribution in [3.63, 3.8) is 0 Å². The van der Waals surface area contributed by atoms with Crippen molar-refractivity contribution in [3.8, 4) is 10.6 Å². The first-order chi connectivity index (χ1) is 6.92. The molecular weight excluding hydrogens is 194 g/mol. The number of thiazole rings is 1. The highest BCUT2D eigenvalue weighted by Gasteiger charge is 2.05. The number of hydrogen-bond donors (Lipinski definition) is 0. The third-order valence-electron chi connectivity index (χ3n) is 1.98. The number of aromatic nitrogens is 1. The Morgan fingerprint density at radius 1 is 1.36 bits per heavy atom. The number of nitrogens with zero attached hydrogens (tertiary/aromatic N) is 1. The maximum absolute atomic E-state index is 5.14. The van der Waals surface area contributed by atoms with Crippen LogP contribution in [0.5, 0.6) is 0 Å². The van der Waals surface area contributed by atoms with Crippen LogP contribution in [0.3, 0.4) is 0 Å². The molecule has 2 nitrogen and oxygen atoms in total. The summed E-state index contributed by atoms with van der Waals surface area (Å²) in [6, 6.07) is 8.19. The minimum absolute atomic E-state index is 0.635. The van der Waals surface area contributed by atoms with Crippen LogP contribution in [-0.4, -0.2) is 12.1 Å². The standard InChI is InChI=1S/C11H11NOS/c1-13-8-9-4-2-3-5-10(9)11-12-6-7-14-11/h2-7H,8H2,1H3. The van der Waals surface area contributed by atoms with Gasteiger partial charge in [0.1, 0.15) is 5.01 Å². The van der Waals surface area contributed by atoms with Crippen LogP contribution in [0.4, 0.5) is 0 Å². The van der Waals surface area contributed by atoms with Crippen LogP contribution < -0.4 is 0 Å². The average molecular weight is 205 g/mol. The van der Waals surface area contributed by atoms with Gasteiger partial charge in [-0.25, -0.2) is 4.98 Å². The van der Waals surface area contributed by atoms with Gasteiger partial charge in [0.05, 0.1) is 6.61 Å². The van der Waals surface area contributed by atoms with E-state index >= 15 is 0 Å². The molecule has 0 atom stereocenters. The lowest BCUT2D eigenvalue weighted by molar-refractivity contribution is 0.185. The third kappa shape index (κ3) is 1.84. The van der Waals surface area contributed by atoms with Crippen molar-refractivity contribution >= 4 is 11.3 Å². The van der Waals surface area contributed by atoms with Gasteiger partial charge in [0, 0.05) is 24.3 Å². The first-order valence-electron chi connectivity index (χ1n) is 4.38. The molecule has 0 spiro atoms. The fraction of sp³-hybridized carbons (Fsp3) is 0.182. The quantitative estimate of drug-likeness (QED) is 0.768. The van der Waals surface area contributed by atoms with E-state index in [0.29, 0.717) is 6.61 Å². The molecule has 1 aromatic heterocycles. The molecule has 0 unspecified atom stereocenters. The van der Waals surface area contributed by atoms with Gasteiger partial charge in [0.25, 0.3) is 0 Å². The summed E-state index contributed by atoms with van der Waals surface area (Å²) in [5.41, 5.74) is 2.36. The molecule has 0 N–H and O–H groups in total. The van der Waals surface area contributed by atoms with Gasteiger partial charge in [-0.1, -0.05) is 24.3 Å². The topological polar surface area (TPSA) is 22.1 Å². The zero-order chi connectivity index (χ0) is 9.80. The van der Waals surface area contributed by atoms with E-state index in [0.717, 1.165) is 5.01 Å². The van der Waals surface area contributed by atoms with E-state index < -0.39 is 0 Å². The van der Waals surface area contributed by atoms with Crippen LogP contribution in [0.1, 0.15) is 5.56 Å². The molecule has 1 heterocycles. The van der Waals surface area contributed by atoms with Crippen LogP contribution in [-0.2, 0) is 11.3 Å². The van der Waals surface area contributed by atoms with Crippen molar-refractivity contribution in [1.29, 1.82) is 0 Å². The Morgan fingerprint density at radius 3 is 2.93 bits per heavy atom. The van der Waals surface area contributed by atoms with Crippen LogP contribution in [0.2, 0.25) is 0 Å². The predicted molar refractivity (Wildman–Crippen MR) is 58.3 cm³/mol. The molecule has 0 saturated heterocycles. The van der Waals surface area contributed by atoms with Crippen molar-refractivity contribution < 1.29 is 4.74 Å². The van der Waals surface area contributed by atoms with Crippen LogP contribution >= 0.6 is 11.3 Å². The summed E-state index contributed by atoms with van der Waals surface area (Å²) in [6.45, 7) is 0.635. The monoisotopic (exact) mass is 205 g/mol. The first-order valence-corrected chi connectivity index (χ1v) is 5.26. The highest BCUT2D eigenvalue weighted by molar-refractivity contribution is 7.13. The molecule has 0 saturated carbocycles. The molecule has 0 radical (unpaired) electrons. The first kappa shape index (κ1) is 9.37. The second-order valence-corrected chi connectivity index (χ2v) is 3.82. The fourth-order valence-electron chi connectivity index (χ4n) is 1.37. The lowest BCUT2D eigenvalue weighted by Crippen LogP contribution is -1.90. The van der Waals surface area contributed by atoms with Crippen molar-refractivity contribution in [1.82, 2.24) is 4.98 Å². The lowest BCUT2D eigenvalue weighted by atomic mass is 10.1. The van der Waals surface area contributed by atoms with Gasteiger partial charge in [0.2, 0.25) is 0 Å². The Hall–Kier alpha value is -1.19. The molecule has 0 fully saturated rings. The Labute approximate surface area is 87.2 Å². The van der Waals surface area contributed by atoms with Gasteiger partial charge in [-0.05, 0) is 5.56 Å². The van der Waals surface area contributed by atoms with Gasteiger partial charge in [0.15, 0.2) is 0 Å². The Morgan fingerprint density at radius 2 is 2.21 bits per heavy atom. The predicted octanol–water partition coefficient (Wildman–Crippen LogP) is 2.96. The molecule has 14 heavy (non-hydrogen) atoms. The van der Waals surface area contributed by atoms with E-state index in [-0.39, 0.29) is 0 Å². The zero-order valence-corrected chi connectivity index (χ0v) is 8.75. The summed E-state index contributed by atoms with van der Waals surface area (Å²) in [5.74, 6) is 0. The number of ether oxygens (including phenoxy) is 1. The maximum atomic E-state index is 5.14. The van der Waals surface area contributed by atoms with Gasteiger partial charge >= 0.3 is 0 Å². The van der Waals surface area contributed by atoms with E-state index in [9.17, 15) is 0 Å². The SMILES string of the molecule is COCc1ccccc1-c1nccs1. The van der Waals surface area contributed by atoms with Gasteiger partial charge in [-0.15, -0.1) is 11.3 Å². The van der Waals surface area contributed by atoms with Crippen molar-refractivity contribution in [2.24, 2.45) is 0 Å². The van der Waals surface area contributed by atoms with Gasteiger partial charge in [-0.3, -0.25) is 0 Å². The summed E-state index contributed by atoms with van der Waals surface area (Å²) in [4.78, 5) is 4.29. The minimum Gasteiger partial charge on any atom is -0.380 e. The summed E-state index contributed by atoms with van der Waals surface area (Å²) in [6.07, 6.45) is 1.82. The lowest BCUT2D eigenvalue weighted by Gasteiger charge is -2.05. The number of methoxy groups -OCH3 is 1. The van der Waals surface area contributed by atoms with E-state index in [1.807, 2.05) is 23.7 Å². The molecule has 0 bridgehead atoms. The second-order valence-electron chi connectivity index (χ2n) is 2.93. The molecule has 1 aromatic carbocycles. The van der Waals surface area contributed by atoms with Crippen LogP contribution in [0.15, 0.2) is 35.8 Å². The van der Waals surface area contributed by atoms with Crippen molar-refractivity contribution in [2.45, 2.75) is 6.61 Å². The highest BCUT2D eigenvalue weighted by atomic mass is 32.1. The Kier molecular flexibility index (Phi) is 2.91. The fourth-order valence-corrected chi connectivity index (χ4v) is 2.07. The van der Waals surface area contributed by atoms with E-state index in [1.165, 1.54) is 11.1 Å². The summed E-state index contributed by atoms with van der Waals surface area (Å²) < 4.78 is 5.14. The molecule has 3 heteroatoms. The molecule has 0 aliphatic heterocycles.